The van der Waals surface area contributed by atoms with Crippen molar-refractivity contribution in [1.82, 2.24) is 0 Å². The summed E-state index contributed by atoms with van der Waals surface area (Å²) in [6.07, 6.45) is -6.91. The molecule has 0 aliphatic rings. The molecule has 1 atom stereocenters. The van der Waals surface area contributed by atoms with E-state index >= 15 is 0 Å². The van der Waals surface area contributed by atoms with Gasteiger partial charge in [0.2, 0.25) is 0 Å². The van der Waals surface area contributed by atoms with E-state index in [1.807, 2.05) is 30.3 Å². The van der Waals surface area contributed by atoms with Crippen LogP contribution < -0.4 is 0 Å². The number of rotatable bonds is 1. The van der Waals surface area contributed by atoms with Gasteiger partial charge in [-0.1, -0.05) is 0 Å². The van der Waals surface area contributed by atoms with E-state index in [2.05, 4.69) is 0 Å². The predicted octanol–water partition coefficient (Wildman–Crippen LogP) is 3.40. The number of alkyl halides is 3. The molecule has 0 bridgehead atoms. The van der Waals surface area contributed by atoms with Gasteiger partial charge in [0.25, 0.3) is 0 Å². The van der Waals surface area contributed by atoms with Crippen molar-refractivity contribution >= 4 is 0 Å². The van der Waals surface area contributed by atoms with Gasteiger partial charge in [-0.25, -0.2) is 12.1 Å². The average molecular weight is 284 g/mol. The van der Waals surface area contributed by atoms with Gasteiger partial charge in [0.05, 0.1) is 0 Å². The van der Waals surface area contributed by atoms with Gasteiger partial charge in [-0.3, -0.25) is 0 Å². The van der Waals surface area contributed by atoms with Crippen molar-refractivity contribution in [2.75, 3.05) is 0 Å². The van der Waals surface area contributed by atoms with Gasteiger partial charge in [0, 0.05) is 17.1 Å². The Morgan fingerprint density at radius 3 is 1.59 bits per heavy atom. The first-order valence-electron chi connectivity index (χ1n) is 4.65. The van der Waals surface area contributed by atoms with Gasteiger partial charge in [0.15, 0.2) is 0 Å². The Morgan fingerprint density at radius 1 is 0.941 bits per heavy atom. The summed E-state index contributed by atoms with van der Waals surface area (Å²) in [5.74, 6) is 0. The second-order valence-corrected chi connectivity index (χ2v) is 3.12. The molecule has 0 aromatic heterocycles. The van der Waals surface area contributed by atoms with Crippen LogP contribution in [-0.2, 0) is 17.1 Å². The molecule has 0 fully saturated rings. The average Bonchev–Trinajstić information content (AvgIpc) is 2.91. The molecule has 0 radical (unpaired) electrons. The van der Waals surface area contributed by atoms with E-state index in [1.54, 1.807) is 0 Å². The van der Waals surface area contributed by atoms with Crippen molar-refractivity contribution in [2.45, 2.75) is 12.3 Å². The fraction of sp³-hybridized carbons (Fsp3) is 0.167. The molecule has 0 unspecified atom stereocenters. The largest absolute Gasteiger partial charge is 0.748 e. The molecule has 2 aromatic rings. The van der Waals surface area contributed by atoms with E-state index in [0.717, 1.165) is 0 Å². The van der Waals surface area contributed by atoms with Crippen LogP contribution in [-0.4, -0.2) is 11.3 Å². The Hall–Kier alpha value is -1.03. The Labute approximate surface area is 108 Å². The molecule has 0 heterocycles. The maximum absolute atomic E-state index is 11.8. The molecule has 0 saturated heterocycles. The summed E-state index contributed by atoms with van der Waals surface area (Å²) in [6.45, 7) is 0. The van der Waals surface area contributed by atoms with E-state index in [-0.39, 0.29) is 22.6 Å². The molecule has 17 heavy (non-hydrogen) atoms. The third-order valence-corrected chi connectivity index (χ3v) is 1.87. The van der Waals surface area contributed by atoms with Crippen molar-refractivity contribution in [3.8, 4) is 0 Å². The Kier molecular flexibility index (Phi) is 6.88. The van der Waals surface area contributed by atoms with Crippen LogP contribution in [0.3, 0.4) is 0 Å². The SMILES string of the molecule is O[C@H]([c-]1cccc1)C(F)(F)F.[Fe].[cH-]1[cH-][cH-][cH-][cH-]1. The van der Waals surface area contributed by atoms with Crippen LogP contribution in [0, 0.1) is 0 Å². The fourth-order valence-electron chi connectivity index (χ4n) is 1.08. The summed E-state index contributed by atoms with van der Waals surface area (Å²) in [6, 6.07) is 15.4. The predicted molar refractivity (Wildman–Crippen MR) is 55.1 cm³/mol. The van der Waals surface area contributed by atoms with Crippen molar-refractivity contribution in [3.05, 3.63) is 60.2 Å². The van der Waals surface area contributed by atoms with E-state index in [4.69, 9.17) is 5.11 Å². The minimum absolute atomic E-state index is 0. The number of hydrogen-bond acceptors (Lipinski definition) is 1. The molecule has 2 rings (SSSR count). The van der Waals surface area contributed by atoms with Crippen LogP contribution in [0.1, 0.15) is 11.7 Å². The first-order valence-corrected chi connectivity index (χ1v) is 4.65. The molecule has 2 aromatic carbocycles. The molecule has 0 spiro atoms. The molecule has 0 amide bonds. The second-order valence-electron chi connectivity index (χ2n) is 3.12. The van der Waals surface area contributed by atoms with Crippen LogP contribution in [0.2, 0.25) is 0 Å². The molecule has 5 heteroatoms. The maximum atomic E-state index is 11.8. The molecular formula is C12H11F3FeO-6. The smallest absolute Gasteiger partial charge is 0.407 e. The van der Waals surface area contributed by atoms with E-state index in [0.29, 0.717) is 0 Å². The van der Waals surface area contributed by atoms with Crippen LogP contribution in [0.5, 0.6) is 0 Å². The van der Waals surface area contributed by atoms with E-state index in [9.17, 15) is 13.2 Å². The van der Waals surface area contributed by atoms with Crippen LogP contribution in [0.25, 0.3) is 0 Å². The van der Waals surface area contributed by atoms with Crippen molar-refractivity contribution in [2.24, 2.45) is 0 Å². The van der Waals surface area contributed by atoms with Crippen LogP contribution in [0.4, 0.5) is 13.2 Å². The quantitative estimate of drug-likeness (QED) is 0.628. The molecular weight excluding hydrogens is 273 g/mol. The van der Waals surface area contributed by atoms with Crippen LogP contribution >= 0.6 is 0 Å². The molecule has 0 saturated carbocycles. The standard InChI is InChI=1S/C7H6F3O.C5H5.Fe/c8-7(9,10)6(11)5-3-1-2-4-5;1-2-4-5-3-1;/h1-4,6,11H;1-5H;/q-1;-5;/t6-;;/m1../s1. The summed E-state index contributed by atoms with van der Waals surface area (Å²) in [7, 11) is 0. The van der Waals surface area contributed by atoms with E-state index in [1.165, 1.54) is 24.3 Å². The number of hydrogen-bond donors (Lipinski definition) is 1. The number of aliphatic hydroxyl groups excluding tert-OH is 1. The van der Waals surface area contributed by atoms with E-state index < -0.39 is 12.3 Å². The Bertz CT molecular complexity index is 348. The molecule has 0 aliphatic carbocycles. The van der Waals surface area contributed by atoms with Crippen molar-refractivity contribution in [3.63, 3.8) is 0 Å². The Morgan fingerprint density at radius 2 is 1.29 bits per heavy atom. The third-order valence-electron chi connectivity index (χ3n) is 1.87. The first kappa shape index (κ1) is 16.0. The minimum atomic E-state index is -4.56. The summed E-state index contributed by atoms with van der Waals surface area (Å²) in [5.41, 5.74) is -0.113. The maximum Gasteiger partial charge on any atom is 0.407 e. The van der Waals surface area contributed by atoms with Crippen molar-refractivity contribution < 1.29 is 35.3 Å². The third kappa shape index (κ3) is 5.73. The number of halogens is 3. The monoisotopic (exact) mass is 284 g/mol. The first-order chi connectivity index (χ1) is 7.52. The van der Waals surface area contributed by atoms with Gasteiger partial charge >= 0.3 is 6.18 Å². The zero-order valence-corrected chi connectivity index (χ0v) is 9.81. The van der Waals surface area contributed by atoms with Crippen LogP contribution in [0.15, 0.2) is 54.6 Å². The summed E-state index contributed by atoms with van der Waals surface area (Å²) in [5, 5.41) is 8.62. The minimum Gasteiger partial charge on any atom is -0.748 e. The van der Waals surface area contributed by atoms with Gasteiger partial charge in [0.1, 0.15) is 6.10 Å². The molecule has 0 aliphatic heterocycles. The van der Waals surface area contributed by atoms with Crippen molar-refractivity contribution in [1.29, 1.82) is 0 Å². The summed E-state index contributed by atoms with van der Waals surface area (Å²) in [4.78, 5) is 0. The topological polar surface area (TPSA) is 20.2 Å². The van der Waals surface area contributed by atoms with Gasteiger partial charge in [-0.2, -0.15) is 25.3 Å². The summed E-state index contributed by atoms with van der Waals surface area (Å²) < 4.78 is 35.3. The normalized spacial score (nSPS) is 12.0. The zero-order valence-electron chi connectivity index (χ0n) is 8.71. The fourth-order valence-corrected chi connectivity index (χ4v) is 1.08. The molecule has 100 valence electrons. The molecule has 1 nitrogen and oxygen atoms in total. The van der Waals surface area contributed by atoms with Gasteiger partial charge in [-0.15, -0.1) is 5.56 Å². The zero-order chi connectivity index (χ0) is 12.0. The Balaban J connectivity index is 0.000000360. The number of aliphatic hydroxyl groups is 1. The molecule has 1 N–H and O–H groups in total. The van der Waals surface area contributed by atoms with Gasteiger partial charge < -0.3 is 35.4 Å². The summed E-state index contributed by atoms with van der Waals surface area (Å²) >= 11 is 0. The second kappa shape index (κ2) is 7.33. The van der Waals surface area contributed by atoms with Gasteiger partial charge in [-0.05, 0) is 0 Å².